The van der Waals surface area contributed by atoms with Gasteiger partial charge in [-0.15, -0.1) is 24.0 Å². The number of halogens is 2. The molecule has 1 heterocycles. The zero-order chi connectivity index (χ0) is 14.8. The van der Waals surface area contributed by atoms with Crippen LogP contribution >= 0.6 is 39.9 Å². The van der Waals surface area contributed by atoms with Crippen molar-refractivity contribution in [2.45, 2.75) is 31.8 Å². The molecule has 0 bridgehead atoms. The lowest BCUT2D eigenvalue weighted by atomic mass is 10.3. The number of nitrogens with zero attached hydrogens (tertiary/aromatic N) is 2. The van der Waals surface area contributed by atoms with Gasteiger partial charge in [-0.25, -0.2) is 0 Å². The molecular weight excluding hydrogens is 455 g/mol. The number of rotatable bonds is 3. The molecule has 22 heavy (non-hydrogen) atoms. The second-order valence-corrected chi connectivity index (χ2v) is 6.92. The number of hydrogen-bond donors (Lipinski definition) is 2. The lowest BCUT2D eigenvalue weighted by Gasteiger charge is -2.21. The normalized spacial score (nSPS) is 27.3. The van der Waals surface area contributed by atoms with Gasteiger partial charge in [0.2, 0.25) is 0 Å². The van der Waals surface area contributed by atoms with Gasteiger partial charge in [0.05, 0.1) is 5.69 Å². The second-order valence-electron chi connectivity index (χ2n) is 6.06. The second kappa shape index (κ2) is 7.86. The molecule has 3 rings (SSSR count). The summed E-state index contributed by atoms with van der Waals surface area (Å²) in [6.07, 6.45) is 2.40. The Labute approximate surface area is 158 Å². The van der Waals surface area contributed by atoms with Crippen molar-refractivity contribution in [3.63, 3.8) is 0 Å². The molecule has 1 aliphatic carbocycles. The van der Waals surface area contributed by atoms with E-state index in [0.29, 0.717) is 12.1 Å². The van der Waals surface area contributed by atoms with Crippen molar-refractivity contribution in [1.29, 1.82) is 0 Å². The van der Waals surface area contributed by atoms with Crippen molar-refractivity contribution >= 4 is 51.6 Å². The Morgan fingerprint density at radius 1 is 1.32 bits per heavy atom. The fourth-order valence-corrected chi connectivity index (χ4v) is 3.40. The molecule has 4 nitrogen and oxygen atoms in total. The molecule has 1 aromatic carbocycles. The van der Waals surface area contributed by atoms with E-state index in [2.05, 4.69) is 67.6 Å². The highest BCUT2D eigenvalue weighted by Gasteiger charge is 2.34. The molecule has 2 aliphatic rings. The zero-order valence-corrected chi connectivity index (χ0v) is 17.0. The standard InChI is InChI=1S/C16H23BrN4.HI/c1-11-9-14(11)20-16(18-2)19-12-7-8-21(10-12)15-6-4-3-5-13(15)17;/h3-6,11-12,14H,7-10H2,1-2H3,(H2,18,19,20);1H. The molecule has 1 saturated heterocycles. The Kier molecular flexibility index (Phi) is 6.37. The van der Waals surface area contributed by atoms with Gasteiger partial charge in [-0.1, -0.05) is 19.1 Å². The molecule has 1 aromatic rings. The van der Waals surface area contributed by atoms with Crippen LogP contribution in [-0.2, 0) is 0 Å². The summed E-state index contributed by atoms with van der Waals surface area (Å²) >= 11 is 3.64. The highest BCUT2D eigenvalue weighted by molar-refractivity contribution is 14.0. The van der Waals surface area contributed by atoms with Gasteiger partial charge < -0.3 is 15.5 Å². The van der Waals surface area contributed by atoms with Crippen LogP contribution in [0.2, 0.25) is 0 Å². The van der Waals surface area contributed by atoms with Crippen molar-refractivity contribution < 1.29 is 0 Å². The molecule has 3 unspecified atom stereocenters. The third kappa shape index (κ3) is 4.28. The Bertz CT molecular complexity index is 537. The monoisotopic (exact) mass is 478 g/mol. The van der Waals surface area contributed by atoms with Gasteiger partial charge in [0, 0.05) is 36.7 Å². The maximum Gasteiger partial charge on any atom is 0.191 e. The number of benzene rings is 1. The van der Waals surface area contributed by atoms with Gasteiger partial charge in [-0.2, -0.15) is 0 Å². The summed E-state index contributed by atoms with van der Waals surface area (Å²) in [4.78, 5) is 6.77. The predicted molar refractivity (Wildman–Crippen MR) is 107 cm³/mol. The lowest BCUT2D eigenvalue weighted by Crippen LogP contribution is -2.45. The van der Waals surface area contributed by atoms with E-state index in [9.17, 15) is 0 Å². The molecule has 2 N–H and O–H groups in total. The van der Waals surface area contributed by atoms with Gasteiger partial charge >= 0.3 is 0 Å². The highest BCUT2D eigenvalue weighted by atomic mass is 127. The van der Waals surface area contributed by atoms with Crippen LogP contribution in [0.25, 0.3) is 0 Å². The Morgan fingerprint density at radius 2 is 2.05 bits per heavy atom. The average Bonchev–Trinajstić information content (AvgIpc) is 2.99. The number of nitrogens with one attached hydrogen (secondary N) is 2. The number of para-hydroxylation sites is 1. The Morgan fingerprint density at radius 3 is 2.68 bits per heavy atom. The van der Waals surface area contributed by atoms with E-state index in [0.717, 1.165) is 31.4 Å². The number of anilines is 1. The molecule has 122 valence electrons. The number of guanidine groups is 1. The topological polar surface area (TPSA) is 39.7 Å². The van der Waals surface area contributed by atoms with Crippen LogP contribution in [0.15, 0.2) is 33.7 Å². The molecule has 3 atom stereocenters. The van der Waals surface area contributed by atoms with Crippen LogP contribution < -0.4 is 15.5 Å². The first kappa shape index (κ1) is 17.8. The van der Waals surface area contributed by atoms with E-state index >= 15 is 0 Å². The molecule has 6 heteroatoms. The van der Waals surface area contributed by atoms with Crippen molar-refractivity contribution in [1.82, 2.24) is 10.6 Å². The summed E-state index contributed by atoms with van der Waals surface area (Å²) in [5.74, 6) is 1.73. The third-order valence-electron chi connectivity index (χ3n) is 4.38. The summed E-state index contributed by atoms with van der Waals surface area (Å²) in [6.45, 7) is 4.37. The van der Waals surface area contributed by atoms with E-state index < -0.39 is 0 Å². The summed E-state index contributed by atoms with van der Waals surface area (Å²) in [7, 11) is 1.85. The van der Waals surface area contributed by atoms with E-state index in [1.807, 2.05) is 7.05 Å². The van der Waals surface area contributed by atoms with Gasteiger partial charge in [0.15, 0.2) is 5.96 Å². The quantitative estimate of drug-likeness (QED) is 0.398. The van der Waals surface area contributed by atoms with Crippen LogP contribution in [0.1, 0.15) is 19.8 Å². The number of hydrogen-bond acceptors (Lipinski definition) is 2. The molecule has 2 fully saturated rings. The van der Waals surface area contributed by atoms with E-state index in [4.69, 9.17) is 0 Å². The molecule has 0 amide bonds. The van der Waals surface area contributed by atoms with Crippen LogP contribution in [0.5, 0.6) is 0 Å². The Balaban J connectivity index is 0.00000176. The maximum absolute atomic E-state index is 4.35. The average molecular weight is 479 g/mol. The summed E-state index contributed by atoms with van der Waals surface area (Å²) < 4.78 is 1.17. The lowest BCUT2D eigenvalue weighted by molar-refractivity contribution is 0.643. The molecule has 0 spiro atoms. The smallest absolute Gasteiger partial charge is 0.191 e. The fourth-order valence-electron chi connectivity index (χ4n) is 2.87. The van der Waals surface area contributed by atoms with Gasteiger partial charge in [-0.05, 0) is 46.8 Å². The first-order valence-corrected chi connectivity index (χ1v) is 8.46. The Hall–Kier alpha value is -0.500. The van der Waals surface area contributed by atoms with Crippen molar-refractivity contribution in [2.75, 3.05) is 25.0 Å². The summed E-state index contributed by atoms with van der Waals surface area (Å²) in [6, 6.07) is 9.49. The summed E-state index contributed by atoms with van der Waals surface area (Å²) in [5, 5.41) is 7.05. The molecule has 1 aliphatic heterocycles. The molecule has 0 aromatic heterocycles. The van der Waals surface area contributed by atoms with Crippen LogP contribution in [0.4, 0.5) is 5.69 Å². The van der Waals surface area contributed by atoms with Crippen molar-refractivity contribution in [3.8, 4) is 0 Å². The third-order valence-corrected chi connectivity index (χ3v) is 5.05. The SMILES string of the molecule is CN=C(NC1CCN(c2ccccc2Br)C1)NC1CC1C.I. The van der Waals surface area contributed by atoms with Crippen molar-refractivity contribution in [2.24, 2.45) is 10.9 Å². The maximum atomic E-state index is 4.35. The van der Waals surface area contributed by atoms with Gasteiger partial charge in [0.25, 0.3) is 0 Å². The first-order valence-electron chi connectivity index (χ1n) is 7.66. The molecular formula is C16H24BrIN4. The molecule has 1 saturated carbocycles. The minimum Gasteiger partial charge on any atom is -0.368 e. The largest absolute Gasteiger partial charge is 0.368 e. The first-order chi connectivity index (χ1) is 10.2. The fraction of sp³-hybridized carbons (Fsp3) is 0.562. The van der Waals surface area contributed by atoms with Gasteiger partial charge in [-0.3, -0.25) is 4.99 Å². The van der Waals surface area contributed by atoms with Crippen molar-refractivity contribution in [3.05, 3.63) is 28.7 Å². The summed E-state index contributed by atoms with van der Waals surface area (Å²) in [5.41, 5.74) is 1.28. The predicted octanol–water partition coefficient (Wildman–Crippen LogP) is 3.22. The van der Waals surface area contributed by atoms with Gasteiger partial charge in [0.1, 0.15) is 0 Å². The van der Waals surface area contributed by atoms with E-state index in [-0.39, 0.29) is 24.0 Å². The minimum atomic E-state index is 0. The van der Waals surface area contributed by atoms with E-state index in [1.165, 1.54) is 16.6 Å². The van der Waals surface area contributed by atoms with Crippen LogP contribution in [0, 0.1) is 5.92 Å². The van der Waals surface area contributed by atoms with Crippen LogP contribution in [-0.4, -0.2) is 38.2 Å². The molecule has 0 radical (unpaired) electrons. The highest BCUT2D eigenvalue weighted by Crippen LogP contribution is 2.30. The zero-order valence-electron chi connectivity index (χ0n) is 13.1. The number of aliphatic imine (C=N–C) groups is 1. The van der Waals surface area contributed by atoms with Crippen LogP contribution in [0.3, 0.4) is 0 Å². The van der Waals surface area contributed by atoms with E-state index in [1.54, 1.807) is 0 Å². The minimum absolute atomic E-state index is 0.